The van der Waals surface area contributed by atoms with E-state index in [-0.39, 0.29) is 42.3 Å². The second-order valence-electron chi connectivity index (χ2n) is 12.1. The number of nitrogens with one attached hydrogen (secondary N) is 1. The minimum absolute atomic E-state index is 0.00849. The number of likely N-dealkylation sites (N-methyl/N-ethyl adjacent to an activating group) is 1. The van der Waals surface area contributed by atoms with E-state index in [4.69, 9.17) is 4.74 Å². The molecule has 1 saturated heterocycles. The quantitative estimate of drug-likeness (QED) is 0.235. The van der Waals surface area contributed by atoms with E-state index < -0.39 is 46.2 Å². The summed E-state index contributed by atoms with van der Waals surface area (Å²) in [5.41, 5.74) is -4.55. The highest BCUT2D eigenvalue weighted by Gasteiger charge is 2.42. The molecule has 1 N–H and O–H groups in total. The molecule has 1 aliphatic rings. The number of hydrogen-bond acceptors (Lipinski definition) is 6. The van der Waals surface area contributed by atoms with Gasteiger partial charge in [0.25, 0.3) is 0 Å². The second-order valence-corrected chi connectivity index (χ2v) is 13.1. The molecule has 48 heavy (non-hydrogen) atoms. The van der Waals surface area contributed by atoms with Crippen LogP contribution in [0.25, 0.3) is 10.4 Å². The lowest BCUT2D eigenvalue weighted by atomic mass is 9.81. The third kappa shape index (κ3) is 7.60. The average Bonchev–Trinajstić information content (AvgIpc) is 3.62. The summed E-state index contributed by atoms with van der Waals surface area (Å²) < 4.78 is 101. The van der Waals surface area contributed by atoms with Crippen molar-refractivity contribution in [1.82, 2.24) is 5.32 Å². The number of ether oxygens (including phenoxy) is 1. The molecule has 2 amide bonds. The standard InChI is InChI=1S/C33H33F7N4O3S/c1-18-12-22(34)6-7-24(18)28-27(25(16-41)29(48-28)44-10-8-23(17-44)42-26(45)9-11-47-5)43(4)30(46)31(2,3)19-13-20(32(35,36)37)15-21(14-19)33(38,39)40/h6-7,12-15,23H,8-11,17H2,1-5H3,(H,42,45)/t23-/m1/s1. The van der Waals surface area contributed by atoms with Crippen molar-refractivity contribution in [3.8, 4) is 16.5 Å². The Morgan fingerprint density at radius 3 is 2.21 bits per heavy atom. The number of methoxy groups -OCH3 is 1. The highest BCUT2D eigenvalue weighted by molar-refractivity contribution is 7.20. The van der Waals surface area contributed by atoms with Crippen molar-refractivity contribution in [2.24, 2.45) is 0 Å². The largest absolute Gasteiger partial charge is 0.416 e. The Labute approximate surface area is 276 Å². The molecule has 258 valence electrons. The van der Waals surface area contributed by atoms with Crippen LogP contribution in [0.3, 0.4) is 0 Å². The summed E-state index contributed by atoms with van der Waals surface area (Å²) in [7, 11) is 2.77. The number of carbonyl (C=O) groups is 2. The summed E-state index contributed by atoms with van der Waals surface area (Å²) in [6.45, 7) is 5.04. The van der Waals surface area contributed by atoms with Crippen molar-refractivity contribution in [2.75, 3.05) is 43.7 Å². The minimum Gasteiger partial charge on any atom is -0.384 e. The summed E-state index contributed by atoms with van der Waals surface area (Å²) in [6.07, 6.45) is -9.55. The van der Waals surface area contributed by atoms with E-state index >= 15 is 0 Å². The molecule has 7 nitrogen and oxygen atoms in total. The minimum atomic E-state index is -5.12. The third-order valence-electron chi connectivity index (χ3n) is 8.27. The van der Waals surface area contributed by atoms with Crippen LogP contribution in [-0.4, -0.2) is 51.7 Å². The zero-order valence-corrected chi connectivity index (χ0v) is 27.5. The van der Waals surface area contributed by atoms with E-state index in [9.17, 15) is 45.6 Å². The Morgan fingerprint density at radius 2 is 1.67 bits per heavy atom. The number of hydrogen-bond donors (Lipinski definition) is 1. The van der Waals surface area contributed by atoms with E-state index in [1.165, 1.54) is 46.2 Å². The lowest BCUT2D eigenvalue weighted by molar-refractivity contribution is -0.143. The number of nitriles is 1. The summed E-state index contributed by atoms with van der Waals surface area (Å²) in [5, 5.41) is 13.8. The predicted molar refractivity (Wildman–Crippen MR) is 167 cm³/mol. The van der Waals surface area contributed by atoms with Crippen molar-refractivity contribution >= 4 is 33.8 Å². The molecule has 1 aromatic heterocycles. The molecule has 0 aliphatic carbocycles. The maximum absolute atomic E-state index is 14.2. The molecular formula is C33H33F7N4O3S. The number of thiophene rings is 1. The van der Waals surface area contributed by atoms with E-state index in [1.807, 2.05) is 4.90 Å². The number of benzene rings is 2. The summed E-state index contributed by atoms with van der Waals surface area (Å²) in [4.78, 5) is 29.8. The van der Waals surface area contributed by atoms with E-state index in [0.29, 0.717) is 52.6 Å². The van der Waals surface area contributed by atoms with E-state index in [1.54, 1.807) is 6.92 Å². The van der Waals surface area contributed by atoms with Crippen LogP contribution in [0, 0.1) is 24.1 Å². The number of carbonyl (C=O) groups excluding carboxylic acids is 2. The fourth-order valence-electron chi connectivity index (χ4n) is 5.64. The first-order valence-corrected chi connectivity index (χ1v) is 15.6. The fourth-order valence-corrected chi connectivity index (χ4v) is 7.04. The first-order chi connectivity index (χ1) is 22.3. The van der Waals surface area contributed by atoms with Crippen molar-refractivity contribution in [1.29, 1.82) is 5.26 Å². The van der Waals surface area contributed by atoms with Crippen LogP contribution < -0.4 is 15.1 Å². The van der Waals surface area contributed by atoms with Gasteiger partial charge < -0.3 is 19.9 Å². The first kappa shape index (κ1) is 36.7. The molecule has 4 rings (SSSR count). The molecule has 0 saturated carbocycles. The highest BCUT2D eigenvalue weighted by atomic mass is 32.1. The molecule has 0 unspecified atom stereocenters. The molecule has 0 bridgehead atoms. The number of halogens is 7. The van der Waals surface area contributed by atoms with Crippen molar-refractivity contribution in [3.63, 3.8) is 0 Å². The first-order valence-electron chi connectivity index (χ1n) is 14.7. The topological polar surface area (TPSA) is 85.7 Å². The number of rotatable bonds is 9. The van der Waals surface area contributed by atoms with Gasteiger partial charge >= 0.3 is 12.4 Å². The molecule has 1 atom stereocenters. The van der Waals surface area contributed by atoms with Gasteiger partial charge in [0.1, 0.15) is 22.5 Å². The Bertz CT molecular complexity index is 1710. The fraction of sp³-hybridized carbons (Fsp3) is 0.424. The molecular weight excluding hydrogens is 665 g/mol. The number of anilines is 2. The number of alkyl halides is 6. The zero-order chi connectivity index (χ0) is 35.8. The summed E-state index contributed by atoms with van der Waals surface area (Å²) >= 11 is 1.14. The number of nitrogens with zero attached hydrogens (tertiary/aromatic N) is 3. The maximum Gasteiger partial charge on any atom is 0.416 e. The SMILES string of the molecule is COCCC(=O)N[C@@H]1CCN(c2sc(-c3ccc(F)cc3C)c(N(C)C(=O)C(C)(C)c3cc(C(F)(F)F)cc(C(F)(F)F)c3)c2C#N)C1. The van der Waals surface area contributed by atoms with Gasteiger partial charge in [-0.3, -0.25) is 9.59 Å². The molecule has 0 spiro atoms. The Morgan fingerprint density at radius 1 is 1.06 bits per heavy atom. The Hall–Kier alpha value is -4.16. The van der Waals surface area contributed by atoms with Gasteiger partial charge in [0.15, 0.2) is 0 Å². The summed E-state index contributed by atoms with van der Waals surface area (Å²) in [6, 6.07) is 6.83. The Balaban J connectivity index is 1.82. The Kier molecular flexibility index (Phi) is 10.5. The van der Waals surface area contributed by atoms with Crippen molar-refractivity contribution < 1.29 is 45.1 Å². The lowest BCUT2D eigenvalue weighted by Gasteiger charge is -2.31. The maximum atomic E-state index is 14.2. The van der Waals surface area contributed by atoms with Gasteiger partial charge in [-0.25, -0.2) is 4.39 Å². The lowest BCUT2D eigenvalue weighted by Crippen LogP contribution is -2.42. The highest BCUT2D eigenvalue weighted by Crippen LogP contribution is 2.50. The van der Waals surface area contributed by atoms with Gasteiger partial charge in [0, 0.05) is 39.7 Å². The third-order valence-corrected chi connectivity index (χ3v) is 9.54. The number of aryl methyl sites for hydroxylation is 1. The van der Waals surface area contributed by atoms with Gasteiger partial charge in [-0.15, -0.1) is 11.3 Å². The molecule has 0 radical (unpaired) electrons. The zero-order valence-electron chi connectivity index (χ0n) is 26.7. The van der Waals surface area contributed by atoms with E-state index in [2.05, 4.69) is 11.4 Å². The molecule has 15 heteroatoms. The molecule has 2 aromatic carbocycles. The summed E-state index contributed by atoms with van der Waals surface area (Å²) in [5.74, 6) is -1.63. The van der Waals surface area contributed by atoms with Gasteiger partial charge in [-0.1, -0.05) is 6.07 Å². The van der Waals surface area contributed by atoms with Crippen LogP contribution in [0.15, 0.2) is 36.4 Å². The smallest absolute Gasteiger partial charge is 0.384 e. The van der Waals surface area contributed by atoms with Crippen LogP contribution >= 0.6 is 11.3 Å². The van der Waals surface area contributed by atoms with Crippen molar-refractivity contribution in [2.45, 2.75) is 57.4 Å². The van der Waals surface area contributed by atoms with Gasteiger partial charge in [-0.2, -0.15) is 31.6 Å². The van der Waals surface area contributed by atoms with Crippen LogP contribution in [0.2, 0.25) is 0 Å². The van der Waals surface area contributed by atoms with Crippen LogP contribution in [0.1, 0.15) is 54.5 Å². The monoisotopic (exact) mass is 698 g/mol. The predicted octanol–water partition coefficient (Wildman–Crippen LogP) is 7.44. The van der Waals surface area contributed by atoms with Gasteiger partial charge in [-0.05, 0) is 74.2 Å². The van der Waals surface area contributed by atoms with Crippen molar-refractivity contribution in [3.05, 3.63) is 70.0 Å². The van der Waals surface area contributed by atoms with Gasteiger partial charge in [0.2, 0.25) is 11.8 Å². The normalized spacial score (nSPS) is 15.4. The second kappa shape index (κ2) is 13.8. The molecule has 3 aromatic rings. The molecule has 1 fully saturated rings. The molecule has 2 heterocycles. The average molecular weight is 699 g/mol. The number of amides is 2. The van der Waals surface area contributed by atoms with Crippen LogP contribution in [0.4, 0.5) is 41.4 Å². The van der Waals surface area contributed by atoms with Crippen LogP contribution in [-0.2, 0) is 32.1 Å². The van der Waals surface area contributed by atoms with E-state index in [0.717, 1.165) is 16.2 Å². The van der Waals surface area contributed by atoms with Gasteiger partial charge in [0.05, 0.1) is 33.7 Å². The van der Waals surface area contributed by atoms with Crippen LogP contribution in [0.5, 0.6) is 0 Å². The molecule has 1 aliphatic heterocycles.